The summed E-state index contributed by atoms with van der Waals surface area (Å²) in [4.78, 5) is 29.2. The molecule has 2 N–H and O–H groups in total. The van der Waals surface area contributed by atoms with Crippen molar-refractivity contribution in [1.29, 1.82) is 0 Å². The quantitative estimate of drug-likeness (QED) is 0.0921. The maximum Gasteiger partial charge on any atom is 0.330 e. The Labute approximate surface area is 288 Å². The number of thiophene rings is 1. The first-order valence-electron chi connectivity index (χ1n) is 18.0. The van der Waals surface area contributed by atoms with Gasteiger partial charge in [-0.25, -0.2) is 4.79 Å². The SMILES string of the molecule is CCCCC/C=C\C/C=C\C/C=C\C/C=C\CCCC(=O)NC(C(=O)O)c1cccc2c1CC[C@H](N(CCC)CCc1cccs1)C2. The zero-order chi connectivity index (χ0) is 33.5. The highest BCUT2D eigenvalue weighted by Crippen LogP contribution is 2.31. The Bertz CT molecular complexity index is 1290. The van der Waals surface area contributed by atoms with Crippen LogP contribution in [0.4, 0.5) is 0 Å². The third-order valence-corrected chi connectivity index (χ3v) is 9.78. The average Bonchev–Trinajstić information content (AvgIpc) is 3.60. The molecule has 0 fully saturated rings. The maximum absolute atomic E-state index is 12.8. The fourth-order valence-electron chi connectivity index (χ4n) is 6.32. The monoisotopic (exact) mass is 658 g/mol. The van der Waals surface area contributed by atoms with Crippen molar-refractivity contribution in [2.45, 2.75) is 122 Å². The molecule has 5 nitrogen and oxygen atoms in total. The van der Waals surface area contributed by atoms with Crippen molar-refractivity contribution in [2.75, 3.05) is 13.1 Å². The lowest BCUT2D eigenvalue weighted by Gasteiger charge is -2.36. The van der Waals surface area contributed by atoms with Crippen molar-refractivity contribution in [3.63, 3.8) is 0 Å². The van der Waals surface area contributed by atoms with Gasteiger partial charge in [0.05, 0.1) is 0 Å². The topological polar surface area (TPSA) is 69.6 Å². The van der Waals surface area contributed by atoms with Crippen molar-refractivity contribution >= 4 is 23.2 Å². The molecule has 1 aliphatic rings. The molecule has 2 aromatic rings. The molecule has 0 aliphatic heterocycles. The molecule has 1 aromatic heterocycles. The Morgan fingerprint density at radius 3 is 2.23 bits per heavy atom. The second-order valence-electron chi connectivity index (χ2n) is 12.6. The van der Waals surface area contributed by atoms with Crippen LogP contribution in [0.2, 0.25) is 0 Å². The van der Waals surface area contributed by atoms with Gasteiger partial charge < -0.3 is 10.4 Å². The van der Waals surface area contributed by atoms with Gasteiger partial charge in [-0.2, -0.15) is 0 Å². The minimum atomic E-state index is -1.02. The average molecular weight is 659 g/mol. The van der Waals surface area contributed by atoms with Gasteiger partial charge in [0, 0.05) is 23.9 Å². The van der Waals surface area contributed by atoms with Crippen molar-refractivity contribution < 1.29 is 14.7 Å². The molecule has 1 aromatic carbocycles. The summed E-state index contributed by atoms with van der Waals surface area (Å²) in [6.45, 7) is 6.58. The van der Waals surface area contributed by atoms with Gasteiger partial charge in [-0.1, -0.05) is 99.6 Å². The standard InChI is InChI=1S/C41H58N2O3S/c1-3-5-6-7-8-9-10-11-12-13-14-15-16-17-18-19-20-26-39(44)42-40(41(45)46)38-25-21-23-34-33-35(27-28-37(34)38)43(30-4-2)31-29-36-24-22-32-47-36/h8-9,11-12,14-15,17-18,21-25,32,35,40H,3-7,10,13,16,19-20,26-31,33H2,1-2H3,(H,42,44)(H,45,46)/b9-8-,12-11-,15-14-,18-17-/t35-,40?/m0/s1. The number of carboxylic acids is 1. The minimum Gasteiger partial charge on any atom is -0.479 e. The molecule has 2 atom stereocenters. The number of hydrogen-bond acceptors (Lipinski definition) is 4. The summed E-state index contributed by atoms with van der Waals surface area (Å²) in [6, 6.07) is 9.75. The predicted molar refractivity (Wildman–Crippen MR) is 199 cm³/mol. The van der Waals surface area contributed by atoms with Crippen molar-refractivity contribution in [3.05, 3.63) is 106 Å². The summed E-state index contributed by atoms with van der Waals surface area (Å²) in [5, 5.41) is 15.1. The summed E-state index contributed by atoms with van der Waals surface area (Å²) in [6.07, 6.45) is 32.2. The molecule has 1 heterocycles. The summed E-state index contributed by atoms with van der Waals surface area (Å²) in [7, 11) is 0. The lowest BCUT2D eigenvalue weighted by Crippen LogP contribution is -2.41. The highest BCUT2D eigenvalue weighted by molar-refractivity contribution is 7.09. The molecular formula is C41H58N2O3S. The van der Waals surface area contributed by atoms with Crippen molar-refractivity contribution in [1.82, 2.24) is 10.2 Å². The van der Waals surface area contributed by atoms with E-state index < -0.39 is 12.0 Å². The number of aliphatic carboxylic acids is 1. The molecule has 1 unspecified atom stereocenters. The Kier molecular flexibility index (Phi) is 18.8. The third-order valence-electron chi connectivity index (χ3n) is 8.84. The number of allylic oxidation sites excluding steroid dienone is 8. The molecule has 1 amide bonds. The molecule has 0 saturated carbocycles. The van der Waals surface area contributed by atoms with E-state index in [0.29, 0.717) is 18.9 Å². The smallest absolute Gasteiger partial charge is 0.330 e. The van der Waals surface area contributed by atoms with E-state index in [-0.39, 0.29) is 5.91 Å². The van der Waals surface area contributed by atoms with Gasteiger partial charge in [-0.15, -0.1) is 11.3 Å². The summed E-state index contributed by atoms with van der Waals surface area (Å²) < 4.78 is 0. The Balaban J connectivity index is 1.40. The molecule has 0 saturated heterocycles. The molecule has 47 heavy (non-hydrogen) atoms. The van der Waals surface area contributed by atoms with E-state index in [0.717, 1.165) is 82.0 Å². The van der Waals surface area contributed by atoms with Crippen LogP contribution in [0.25, 0.3) is 0 Å². The lowest BCUT2D eigenvalue weighted by molar-refractivity contribution is -0.142. The van der Waals surface area contributed by atoms with Crippen LogP contribution in [0, 0.1) is 0 Å². The first-order chi connectivity index (χ1) is 23.0. The van der Waals surface area contributed by atoms with E-state index in [9.17, 15) is 14.7 Å². The molecule has 3 rings (SSSR count). The number of fused-ring (bicyclic) bond motifs is 1. The van der Waals surface area contributed by atoms with Gasteiger partial charge in [-0.3, -0.25) is 9.69 Å². The van der Waals surface area contributed by atoms with Crippen LogP contribution < -0.4 is 5.32 Å². The number of carboxylic acid groups (broad SMARTS) is 1. The van der Waals surface area contributed by atoms with Crippen LogP contribution in [0.3, 0.4) is 0 Å². The molecule has 0 spiro atoms. The fraction of sp³-hybridized carbons (Fsp3) is 0.512. The number of unbranched alkanes of at least 4 members (excludes halogenated alkanes) is 4. The number of amides is 1. The van der Waals surface area contributed by atoms with Crippen molar-refractivity contribution in [3.8, 4) is 0 Å². The number of nitrogens with one attached hydrogen (secondary N) is 1. The fourth-order valence-corrected chi connectivity index (χ4v) is 7.02. The molecule has 256 valence electrons. The number of carbonyl (C=O) groups excluding carboxylic acids is 1. The number of hydrogen-bond donors (Lipinski definition) is 2. The van der Waals surface area contributed by atoms with Crippen LogP contribution in [-0.4, -0.2) is 41.0 Å². The van der Waals surface area contributed by atoms with E-state index in [2.05, 4.69) is 96.3 Å². The molecule has 0 radical (unpaired) electrons. The highest BCUT2D eigenvalue weighted by atomic mass is 32.1. The zero-order valence-electron chi connectivity index (χ0n) is 28.9. The van der Waals surface area contributed by atoms with E-state index in [4.69, 9.17) is 0 Å². The molecule has 6 heteroatoms. The second kappa shape index (κ2) is 23.2. The predicted octanol–water partition coefficient (Wildman–Crippen LogP) is 9.95. The zero-order valence-corrected chi connectivity index (χ0v) is 29.7. The van der Waals surface area contributed by atoms with Crippen LogP contribution in [-0.2, 0) is 28.9 Å². The van der Waals surface area contributed by atoms with Crippen LogP contribution in [0.15, 0.2) is 84.3 Å². The van der Waals surface area contributed by atoms with Gasteiger partial charge in [0.1, 0.15) is 0 Å². The maximum atomic E-state index is 12.8. The Hall–Kier alpha value is -3.22. The number of rotatable bonds is 23. The molecule has 1 aliphatic carbocycles. The van der Waals surface area contributed by atoms with Crippen LogP contribution >= 0.6 is 11.3 Å². The summed E-state index contributed by atoms with van der Waals surface area (Å²) in [5.41, 5.74) is 3.06. The van der Waals surface area contributed by atoms with E-state index >= 15 is 0 Å². The summed E-state index contributed by atoms with van der Waals surface area (Å²) in [5.74, 6) is -1.21. The van der Waals surface area contributed by atoms with Gasteiger partial charge >= 0.3 is 5.97 Å². The molecule has 0 bridgehead atoms. The summed E-state index contributed by atoms with van der Waals surface area (Å²) >= 11 is 1.82. The number of carbonyl (C=O) groups is 2. The van der Waals surface area contributed by atoms with E-state index in [1.165, 1.54) is 36.1 Å². The number of nitrogens with zero attached hydrogens (tertiary/aromatic N) is 1. The van der Waals surface area contributed by atoms with Crippen LogP contribution in [0.5, 0.6) is 0 Å². The van der Waals surface area contributed by atoms with E-state index in [1.807, 2.05) is 23.5 Å². The van der Waals surface area contributed by atoms with Gasteiger partial charge in [0.15, 0.2) is 6.04 Å². The number of benzene rings is 1. The first-order valence-corrected chi connectivity index (χ1v) is 18.9. The Morgan fingerprint density at radius 2 is 1.60 bits per heavy atom. The minimum absolute atomic E-state index is 0.206. The third kappa shape index (κ3) is 14.6. The van der Waals surface area contributed by atoms with Gasteiger partial charge in [0.2, 0.25) is 5.91 Å². The van der Waals surface area contributed by atoms with Gasteiger partial charge in [0.25, 0.3) is 0 Å². The van der Waals surface area contributed by atoms with Gasteiger partial charge in [-0.05, 0) is 112 Å². The Morgan fingerprint density at radius 1 is 0.894 bits per heavy atom. The van der Waals surface area contributed by atoms with Crippen LogP contribution in [0.1, 0.15) is 119 Å². The second-order valence-corrected chi connectivity index (χ2v) is 13.6. The highest BCUT2D eigenvalue weighted by Gasteiger charge is 2.30. The normalized spacial score (nSPS) is 15.8. The largest absolute Gasteiger partial charge is 0.479 e. The van der Waals surface area contributed by atoms with Crippen molar-refractivity contribution in [2.24, 2.45) is 0 Å². The lowest BCUT2D eigenvalue weighted by atomic mass is 9.82. The molecular weight excluding hydrogens is 601 g/mol. The first kappa shape index (κ1) is 38.2. The van der Waals surface area contributed by atoms with E-state index in [1.54, 1.807) is 0 Å².